The van der Waals surface area contributed by atoms with Crippen molar-refractivity contribution < 1.29 is 14.7 Å². The van der Waals surface area contributed by atoms with Crippen molar-refractivity contribution >= 4 is 29.0 Å². The van der Waals surface area contributed by atoms with Crippen LogP contribution in [-0.2, 0) is 13.0 Å². The molecule has 0 unspecified atom stereocenters. The smallest absolute Gasteiger partial charge is 0.337 e. The fourth-order valence-electron chi connectivity index (χ4n) is 1.68. The summed E-state index contributed by atoms with van der Waals surface area (Å²) in [6.45, 7) is 2.51. The molecule has 0 saturated carbocycles. The van der Waals surface area contributed by atoms with Gasteiger partial charge in [0.15, 0.2) is 0 Å². The largest absolute Gasteiger partial charge is 0.478 e. The SMILES string of the molecule is CCc1ccc(CNC(=O)Nc2cncc(C(=O)O)c2)s1. The number of nitrogens with one attached hydrogen (secondary N) is 2. The average Bonchev–Trinajstić information content (AvgIpc) is 2.93. The first kappa shape index (κ1) is 15.0. The molecule has 0 radical (unpaired) electrons. The molecule has 0 aliphatic heterocycles. The number of anilines is 1. The zero-order chi connectivity index (χ0) is 15.2. The van der Waals surface area contributed by atoms with Gasteiger partial charge in [-0.3, -0.25) is 4.98 Å². The molecule has 0 aliphatic rings. The third-order valence-electron chi connectivity index (χ3n) is 2.73. The molecule has 3 N–H and O–H groups in total. The van der Waals surface area contributed by atoms with Crippen molar-refractivity contribution in [3.8, 4) is 0 Å². The number of hydrogen-bond acceptors (Lipinski definition) is 4. The number of rotatable bonds is 5. The molecule has 0 saturated heterocycles. The highest BCUT2D eigenvalue weighted by atomic mass is 32.1. The maximum atomic E-state index is 11.8. The monoisotopic (exact) mass is 305 g/mol. The fraction of sp³-hybridized carbons (Fsp3) is 0.214. The number of nitrogens with zero attached hydrogens (tertiary/aromatic N) is 1. The topological polar surface area (TPSA) is 91.3 Å². The standard InChI is InChI=1S/C14H15N3O3S/c1-2-11-3-4-12(21-11)8-16-14(20)17-10-5-9(13(18)19)6-15-7-10/h3-7H,2,8H2,1H3,(H,18,19)(H2,16,17,20). The van der Waals surface area contributed by atoms with Gasteiger partial charge >= 0.3 is 12.0 Å². The highest BCUT2D eigenvalue weighted by Gasteiger charge is 2.07. The van der Waals surface area contributed by atoms with Gasteiger partial charge in [0.2, 0.25) is 0 Å². The van der Waals surface area contributed by atoms with E-state index in [0.717, 1.165) is 11.3 Å². The fourth-order valence-corrected chi connectivity index (χ4v) is 2.57. The highest BCUT2D eigenvalue weighted by molar-refractivity contribution is 7.11. The summed E-state index contributed by atoms with van der Waals surface area (Å²) in [6, 6.07) is 4.98. The van der Waals surface area contributed by atoms with Crippen LogP contribution in [0, 0.1) is 0 Å². The van der Waals surface area contributed by atoms with E-state index >= 15 is 0 Å². The minimum Gasteiger partial charge on any atom is -0.478 e. The second-order valence-electron chi connectivity index (χ2n) is 4.30. The number of carboxylic acid groups (broad SMARTS) is 1. The number of carbonyl (C=O) groups excluding carboxylic acids is 1. The van der Waals surface area contributed by atoms with Crippen LogP contribution in [-0.4, -0.2) is 22.1 Å². The van der Waals surface area contributed by atoms with Gasteiger partial charge in [-0.15, -0.1) is 11.3 Å². The number of carboxylic acids is 1. The normalized spacial score (nSPS) is 10.1. The lowest BCUT2D eigenvalue weighted by Gasteiger charge is -2.06. The predicted molar refractivity (Wildman–Crippen MR) is 80.8 cm³/mol. The van der Waals surface area contributed by atoms with Crippen LogP contribution < -0.4 is 10.6 Å². The van der Waals surface area contributed by atoms with E-state index in [9.17, 15) is 9.59 Å². The van der Waals surface area contributed by atoms with Crippen LogP contribution in [0.5, 0.6) is 0 Å². The molecule has 0 spiro atoms. The molecule has 2 heterocycles. The average molecular weight is 305 g/mol. The van der Waals surface area contributed by atoms with Crippen molar-refractivity contribution in [3.05, 3.63) is 45.9 Å². The summed E-state index contributed by atoms with van der Waals surface area (Å²) in [5, 5.41) is 14.1. The Morgan fingerprint density at radius 1 is 1.29 bits per heavy atom. The van der Waals surface area contributed by atoms with Crippen LogP contribution in [0.2, 0.25) is 0 Å². The van der Waals surface area contributed by atoms with Crippen molar-refractivity contribution in [2.75, 3.05) is 5.32 Å². The Hall–Kier alpha value is -2.41. The van der Waals surface area contributed by atoms with Crippen molar-refractivity contribution in [1.82, 2.24) is 10.3 Å². The van der Waals surface area contributed by atoms with Gasteiger partial charge in [0, 0.05) is 16.0 Å². The van der Waals surface area contributed by atoms with Crippen molar-refractivity contribution in [3.63, 3.8) is 0 Å². The number of aromatic nitrogens is 1. The van der Waals surface area contributed by atoms with Gasteiger partial charge in [-0.05, 0) is 24.6 Å². The van der Waals surface area contributed by atoms with Crippen LogP contribution in [0.3, 0.4) is 0 Å². The van der Waals surface area contributed by atoms with Gasteiger partial charge in [0.25, 0.3) is 0 Å². The number of carbonyl (C=O) groups is 2. The van der Waals surface area contributed by atoms with E-state index in [-0.39, 0.29) is 5.56 Å². The lowest BCUT2D eigenvalue weighted by atomic mass is 10.3. The Morgan fingerprint density at radius 2 is 2.05 bits per heavy atom. The quantitative estimate of drug-likeness (QED) is 0.792. The number of pyridine rings is 1. The Labute approximate surface area is 125 Å². The van der Waals surface area contributed by atoms with Crippen LogP contribution in [0.15, 0.2) is 30.6 Å². The Morgan fingerprint density at radius 3 is 2.71 bits per heavy atom. The van der Waals surface area contributed by atoms with Crippen LogP contribution in [0.25, 0.3) is 0 Å². The molecule has 2 aromatic heterocycles. The number of thiophene rings is 1. The number of urea groups is 1. The van der Waals surface area contributed by atoms with Gasteiger partial charge in [-0.1, -0.05) is 6.92 Å². The molecule has 2 amide bonds. The first-order valence-corrected chi connectivity index (χ1v) is 7.21. The zero-order valence-electron chi connectivity index (χ0n) is 11.4. The maximum absolute atomic E-state index is 11.8. The number of amides is 2. The summed E-state index contributed by atoms with van der Waals surface area (Å²) in [5.41, 5.74) is 0.367. The van der Waals surface area contributed by atoms with Crippen LogP contribution in [0.1, 0.15) is 27.0 Å². The Bertz CT molecular complexity index is 654. The molecule has 6 nitrogen and oxygen atoms in total. The van der Waals surface area contributed by atoms with Gasteiger partial charge in [-0.25, -0.2) is 9.59 Å². The maximum Gasteiger partial charge on any atom is 0.337 e. The minimum atomic E-state index is -1.09. The lowest BCUT2D eigenvalue weighted by Crippen LogP contribution is -2.28. The number of aromatic carboxylic acids is 1. The van der Waals surface area contributed by atoms with E-state index in [2.05, 4.69) is 22.5 Å². The third-order valence-corrected chi connectivity index (χ3v) is 3.96. The van der Waals surface area contributed by atoms with E-state index in [1.807, 2.05) is 12.1 Å². The molecule has 0 atom stereocenters. The third kappa shape index (κ3) is 4.28. The van der Waals surface area contributed by atoms with Gasteiger partial charge in [-0.2, -0.15) is 0 Å². The summed E-state index contributed by atoms with van der Waals surface area (Å²) in [6.07, 6.45) is 3.60. The zero-order valence-corrected chi connectivity index (χ0v) is 12.2. The summed E-state index contributed by atoms with van der Waals surface area (Å²) in [5.74, 6) is -1.09. The van der Waals surface area contributed by atoms with Crippen molar-refractivity contribution in [2.24, 2.45) is 0 Å². The van der Waals surface area contributed by atoms with E-state index in [4.69, 9.17) is 5.11 Å². The molecule has 2 aromatic rings. The Balaban J connectivity index is 1.89. The Kier molecular flexibility index (Phi) is 4.89. The molecule has 0 aromatic carbocycles. The van der Waals surface area contributed by atoms with Crippen molar-refractivity contribution in [1.29, 1.82) is 0 Å². The van der Waals surface area contributed by atoms with Gasteiger partial charge in [0.1, 0.15) is 0 Å². The van der Waals surface area contributed by atoms with E-state index in [1.165, 1.54) is 23.3 Å². The van der Waals surface area contributed by atoms with E-state index < -0.39 is 12.0 Å². The molecule has 110 valence electrons. The van der Waals surface area contributed by atoms with Crippen molar-refractivity contribution in [2.45, 2.75) is 19.9 Å². The van der Waals surface area contributed by atoms with Gasteiger partial charge in [0.05, 0.1) is 24.0 Å². The summed E-state index contributed by atoms with van der Waals surface area (Å²) >= 11 is 1.65. The summed E-state index contributed by atoms with van der Waals surface area (Å²) < 4.78 is 0. The molecule has 2 rings (SSSR count). The highest BCUT2D eigenvalue weighted by Crippen LogP contribution is 2.16. The lowest BCUT2D eigenvalue weighted by molar-refractivity contribution is 0.0696. The van der Waals surface area contributed by atoms with E-state index in [0.29, 0.717) is 12.2 Å². The second kappa shape index (κ2) is 6.85. The number of aryl methyl sites for hydroxylation is 1. The molecular formula is C14H15N3O3S. The number of hydrogen-bond donors (Lipinski definition) is 3. The molecule has 7 heteroatoms. The predicted octanol–water partition coefficient (Wildman–Crippen LogP) is 2.73. The molecule has 0 bridgehead atoms. The minimum absolute atomic E-state index is 0.0265. The molecule has 0 aliphatic carbocycles. The van der Waals surface area contributed by atoms with Crippen LogP contribution >= 0.6 is 11.3 Å². The molecule has 21 heavy (non-hydrogen) atoms. The molecule has 0 fully saturated rings. The first-order chi connectivity index (χ1) is 10.1. The molecular weight excluding hydrogens is 290 g/mol. The van der Waals surface area contributed by atoms with E-state index in [1.54, 1.807) is 11.3 Å². The summed E-state index contributed by atoms with van der Waals surface area (Å²) in [7, 11) is 0. The first-order valence-electron chi connectivity index (χ1n) is 6.39. The van der Waals surface area contributed by atoms with Crippen LogP contribution in [0.4, 0.5) is 10.5 Å². The van der Waals surface area contributed by atoms with Gasteiger partial charge < -0.3 is 15.7 Å². The summed E-state index contributed by atoms with van der Waals surface area (Å²) in [4.78, 5) is 28.7. The second-order valence-corrected chi connectivity index (χ2v) is 5.55.